The molecule has 0 aliphatic carbocycles. The van der Waals surface area contributed by atoms with Crippen molar-refractivity contribution in [3.63, 3.8) is 0 Å². The van der Waals surface area contributed by atoms with Gasteiger partial charge < -0.3 is 14.2 Å². The first-order valence-corrected chi connectivity index (χ1v) is 6.47. The number of hydrogen-bond donors (Lipinski definition) is 1. The van der Waals surface area contributed by atoms with Gasteiger partial charge in [-0.05, 0) is 18.4 Å². The number of methoxy groups -OCH3 is 3. The SMILES string of the molecule is COCNCc1cc(OC)c(SC)cc1OC. The summed E-state index contributed by atoms with van der Waals surface area (Å²) in [5, 5.41) is 3.15. The second kappa shape index (κ2) is 7.42. The molecule has 17 heavy (non-hydrogen) atoms. The molecule has 5 heteroatoms. The van der Waals surface area contributed by atoms with Gasteiger partial charge in [-0.1, -0.05) is 0 Å². The fraction of sp³-hybridized carbons (Fsp3) is 0.500. The molecule has 96 valence electrons. The second-order valence-electron chi connectivity index (χ2n) is 3.38. The van der Waals surface area contributed by atoms with Gasteiger partial charge in [-0.25, -0.2) is 0 Å². The number of hydrogen-bond acceptors (Lipinski definition) is 5. The highest BCUT2D eigenvalue weighted by atomic mass is 32.2. The van der Waals surface area contributed by atoms with Crippen molar-refractivity contribution in [2.24, 2.45) is 0 Å². The van der Waals surface area contributed by atoms with E-state index in [0.29, 0.717) is 13.3 Å². The predicted molar refractivity (Wildman–Crippen MR) is 70.0 cm³/mol. The molecule has 1 aromatic rings. The van der Waals surface area contributed by atoms with Gasteiger partial charge in [-0.15, -0.1) is 11.8 Å². The molecule has 1 aromatic carbocycles. The number of nitrogens with one attached hydrogen (secondary N) is 1. The molecular weight excluding hydrogens is 238 g/mol. The molecular formula is C12H19NO3S. The minimum absolute atomic E-state index is 0.510. The minimum Gasteiger partial charge on any atom is -0.496 e. The zero-order valence-corrected chi connectivity index (χ0v) is 11.5. The molecule has 0 bridgehead atoms. The molecule has 0 fully saturated rings. The van der Waals surface area contributed by atoms with Crippen molar-refractivity contribution in [1.82, 2.24) is 5.32 Å². The molecule has 0 unspecified atom stereocenters. The van der Waals surface area contributed by atoms with Gasteiger partial charge in [0.05, 0.1) is 25.8 Å². The summed E-state index contributed by atoms with van der Waals surface area (Å²) in [7, 11) is 5.00. The van der Waals surface area contributed by atoms with Gasteiger partial charge in [0.25, 0.3) is 0 Å². The van der Waals surface area contributed by atoms with E-state index in [9.17, 15) is 0 Å². The lowest BCUT2D eigenvalue weighted by Gasteiger charge is -2.14. The third kappa shape index (κ3) is 3.80. The van der Waals surface area contributed by atoms with Gasteiger partial charge in [0.15, 0.2) is 0 Å². The van der Waals surface area contributed by atoms with E-state index in [2.05, 4.69) is 5.32 Å². The first-order valence-electron chi connectivity index (χ1n) is 5.25. The van der Waals surface area contributed by atoms with E-state index < -0.39 is 0 Å². The summed E-state index contributed by atoms with van der Waals surface area (Å²) < 4.78 is 15.7. The average molecular weight is 257 g/mol. The molecule has 0 radical (unpaired) electrons. The lowest BCUT2D eigenvalue weighted by Crippen LogP contribution is -2.16. The summed E-state index contributed by atoms with van der Waals surface area (Å²) in [5.41, 5.74) is 1.05. The van der Waals surface area contributed by atoms with E-state index in [-0.39, 0.29) is 0 Å². The number of thioether (sulfide) groups is 1. The first-order chi connectivity index (χ1) is 8.26. The van der Waals surface area contributed by atoms with E-state index >= 15 is 0 Å². The molecule has 0 spiro atoms. The maximum Gasteiger partial charge on any atom is 0.132 e. The van der Waals surface area contributed by atoms with Crippen molar-refractivity contribution in [3.8, 4) is 11.5 Å². The van der Waals surface area contributed by atoms with Crippen LogP contribution < -0.4 is 14.8 Å². The van der Waals surface area contributed by atoms with Crippen LogP contribution in [0.2, 0.25) is 0 Å². The van der Waals surface area contributed by atoms with E-state index in [1.807, 2.05) is 18.4 Å². The Morgan fingerprint density at radius 3 is 2.35 bits per heavy atom. The second-order valence-corrected chi connectivity index (χ2v) is 4.23. The number of rotatable bonds is 7. The van der Waals surface area contributed by atoms with Crippen LogP contribution in [0.4, 0.5) is 0 Å². The van der Waals surface area contributed by atoms with E-state index in [1.54, 1.807) is 33.1 Å². The Kier molecular flexibility index (Phi) is 6.18. The van der Waals surface area contributed by atoms with Crippen LogP contribution in [-0.4, -0.2) is 34.3 Å². The molecule has 0 heterocycles. The van der Waals surface area contributed by atoms with Gasteiger partial charge in [-0.2, -0.15) is 0 Å². The Morgan fingerprint density at radius 1 is 1.12 bits per heavy atom. The fourth-order valence-electron chi connectivity index (χ4n) is 1.52. The highest BCUT2D eigenvalue weighted by molar-refractivity contribution is 7.98. The van der Waals surface area contributed by atoms with Crippen LogP contribution in [0.15, 0.2) is 17.0 Å². The highest BCUT2D eigenvalue weighted by Gasteiger charge is 2.10. The third-order valence-electron chi connectivity index (χ3n) is 2.35. The lowest BCUT2D eigenvalue weighted by atomic mass is 10.2. The molecule has 0 aliphatic heterocycles. The molecule has 0 saturated heterocycles. The Labute approximate surface area is 107 Å². The maximum absolute atomic E-state index is 5.37. The molecule has 0 atom stereocenters. The summed E-state index contributed by atoms with van der Waals surface area (Å²) in [5.74, 6) is 1.73. The molecule has 0 aromatic heterocycles. The van der Waals surface area contributed by atoms with Crippen molar-refractivity contribution in [1.29, 1.82) is 0 Å². The molecule has 1 rings (SSSR count). The summed E-state index contributed by atoms with van der Waals surface area (Å²) >= 11 is 1.64. The largest absolute Gasteiger partial charge is 0.496 e. The predicted octanol–water partition coefficient (Wildman–Crippen LogP) is 2.12. The van der Waals surface area contributed by atoms with Gasteiger partial charge in [0.2, 0.25) is 0 Å². The summed E-state index contributed by atoms with van der Waals surface area (Å²) in [6, 6.07) is 3.99. The van der Waals surface area contributed by atoms with Crippen LogP contribution in [0.25, 0.3) is 0 Å². The van der Waals surface area contributed by atoms with Crippen molar-refractivity contribution in [3.05, 3.63) is 17.7 Å². The Hall–Kier alpha value is -0.910. The molecule has 4 nitrogen and oxygen atoms in total. The minimum atomic E-state index is 0.510. The first kappa shape index (κ1) is 14.2. The van der Waals surface area contributed by atoms with Crippen LogP contribution in [0, 0.1) is 0 Å². The molecule has 0 aliphatic rings. The van der Waals surface area contributed by atoms with Crippen LogP contribution in [0.1, 0.15) is 5.56 Å². The van der Waals surface area contributed by atoms with Gasteiger partial charge >= 0.3 is 0 Å². The average Bonchev–Trinajstić information content (AvgIpc) is 2.38. The quantitative estimate of drug-likeness (QED) is 0.460. The normalized spacial score (nSPS) is 10.4. The summed E-state index contributed by atoms with van der Waals surface area (Å²) in [4.78, 5) is 1.07. The van der Waals surface area contributed by atoms with E-state index in [0.717, 1.165) is 22.0 Å². The lowest BCUT2D eigenvalue weighted by molar-refractivity contribution is 0.174. The monoisotopic (exact) mass is 257 g/mol. The standard InChI is InChI=1S/C12H19NO3S/c1-14-8-13-7-9-5-11(16-3)12(17-4)6-10(9)15-2/h5-6,13H,7-8H2,1-4H3. The highest BCUT2D eigenvalue weighted by Crippen LogP contribution is 2.34. The van der Waals surface area contributed by atoms with Gasteiger partial charge in [0.1, 0.15) is 11.5 Å². The van der Waals surface area contributed by atoms with Crippen LogP contribution in [0.5, 0.6) is 11.5 Å². The topological polar surface area (TPSA) is 39.7 Å². The molecule has 0 saturated carbocycles. The van der Waals surface area contributed by atoms with E-state index in [4.69, 9.17) is 14.2 Å². The van der Waals surface area contributed by atoms with Crippen LogP contribution >= 0.6 is 11.8 Å². The van der Waals surface area contributed by atoms with Crippen LogP contribution in [0.3, 0.4) is 0 Å². The van der Waals surface area contributed by atoms with E-state index in [1.165, 1.54) is 0 Å². The maximum atomic E-state index is 5.37. The zero-order chi connectivity index (χ0) is 12.7. The molecule has 1 N–H and O–H groups in total. The van der Waals surface area contributed by atoms with Crippen molar-refractivity contribution < 1.29 is 14.2 Å². The zero-order valence-electron chi connectivity index (χ0n) is 10.7. The van der Waals surface area contributed by atoms with Crippen molar-refractivity contribution >= 4 is 11.8 Å². The smallest absolute Gasteiger partial charge is 0.132 e. The van der Waals surface area contributed by atoms with Crippen molar-refractivity contribution in [2.75, 3.05) is 34.3 Å². The number of ether oxygens (including phenoxy) is 3. The van der Waals surface area contributed by atoms with Crippen molar-refractivity contribution in [2.45, 2.75) is 11.4 Å². The number of benzene rings is 1. The van der Waals surface area contributed by atoms with Crippen LogP contribution in [-0.2, 0) is 11.3 Å². The summed E-state index contributed by atoms with van der Waals surface area (Å²) in [6.45, 7) is 1.19. The fourth-order valence-corrected chi connectivity index (χ4v) is 2.09. The van der Waals surface area contributed by atoms with Gasteiger partial charge in [0, 0.05) is 19.2 Å². The Morgan fingerprint density at radius 2 is 1.82 bits per heavy atom. The summed E-state index contributed by atoms with van der Waals surface area (Å²) in [6.07, 6.45) is 2.01. The Balaban J connectivity index is 2.93. The van der Waals surface area contributed by atoms with Gasteiger partial charge in [-0.3, -0.25) is 5.32 Å². The third-order valence-corrected chi connectivity index (χ3v) is 3.11. The Bertz CT molecular complexity index is 358. The molecule has 0 amide bonds.